The van der Waals surface area contributed by atoms with Gasteiger partial charge in [-0.2, -0.15) is 13.2 Å². The van der Waals surface area contributed by atoms with Gasteiger partial charge in [-0.25, -0.2) is 0 Å². The average molecular weight is 196 g/mol. The Hall–Kier alpha value is -1.51. The van der Waals surface area contributed by atoms with Crippen LogP contribution >= 0.6 is 0 Å². The minimum absolute atomic E-state index is 0.252. The quantitative estimate of drug-likeness (QED) is 0.601. The zero-order chi connectivity index (χ0) is 10.2. The topological polar surface area (TPSA) is 0 Å². The second kappa shape index (κ2) is 3.01. The maximum Gasteiger partial charge on any atom is 0.417 e. The van der Waals surface area contributed by atoms with Crippen molar-refractivity contribution in [3.05, 3.63) is 48.0 Å². The molecule has 0 fully saturated rings. The fourth-order valence-electron chi connectivity index (χ4n) is 1.46. The van der Waals surface area contributed by atoms with Crippen LogP contribution in [-0.2, 0) is 6.18 Å². The van der Waals surface area contributed by atoms with Gasteiger partial charge in [0.25, 0.3) is 0 Å². The molecule has 0 aromatic rings. The van der Waals surface area contributed by atoms with Crippen LogP contribution in [0.3, 0.4) is 0 Å². The molecule has 0 aromatic heterocycles. The van der Waals surface area contributed by atoms with Crippen LogP contribution in [0.1, 0.15) is 5.56 Å². The maximum absolute atomic E-state index is 12.5. The third-order valence-electron chi connectivity index (χ3n) is 2.10. The molecule has 0 N–H and O–H groups in total. The predicted octanol–water partition coefficient (Wildman–Crippen LogP) is 3.81. The third-order valence-corrected chi connectivity index (χ3v) is 2.10. The van der Waals surface area contributed by atoms with Gasteiger partial charge in [-0.3, -0.25) is 0 Å². The van der Waals surface area contributed by atoms with Crippen molar-refractivity contribution in [2.45, 2.75) is 6.18 Å². The minimum Gasteiger partial charge on any atom is -0.166 e. The molecule has 3 heteroatoms. The molecule has 0 spiro atoms. The molecule has 0 amide bonds. The average Bonchev–Trinajstić information content (AvgIpc) is 2.36. The molecule has 0 heterocycles. The first kappa shape index (κ1) is 9.06. The second-order valence-corrected chi connectivity index (χ2v) is 3.02. The van der Waals surface area contributed by atoms with E-state index in [1.54, 1.807) is 24.3 Å². The Morgan fingerprint density at radius 1 is 0.786 bits per heavy atom. The van der Waals surface area contributed by atoms with E-state index in [1.807, 2.05) is 0 Å². The number of fused-ring (bicyclic) bond motifs is 1. The summed E-state index contributed by atoms with van der Waals surface area (Å²) >= 11 is 0. The first-order chi connectivity index (χ1) is 6.59. The second-order valence-electron chi connectivity index (χ2n) is 3.02. The number of hydrogen-bond acceptors (Lipinski definition) is 0. The largest absolute Gasteiger partial charge is 0.417 e. The van der Waals surface area contributed by atoms with Crippen LogP contribution in [0.15, 0.2) is 42.5 Å². The van der Waals surface area contributed by atoms with Crippen molar-refractivity contribution in [3.63, 3.8) is 0 Å². The van der Waals surface area contributed by atoms with Gasteiger partial charge < -0.3 is 0 Å². The lowest BCUT2D eigenvalue weighted by molar-refractivity contribution is -0.136. The van der Waals surface area contributed by atoms with Crippen LogP contribution < -0.4 is 0 Å². The molecule has 0 saturated heterocycles. The van der Waals surface area contributed by atoms with Gasteiger partial charge >= 0.3 is 6.18 Å². The van der Waals surface area contributed by atoms with Gasteiger partial charge in [0.2, 0.25) is 0 Å². The summed E-state index contributed by atoms with van der Waals surface area (Å²) in [6.45, 7) is 0. The summed E-state index contributed by atoms with van der Waals surface area (Å²) in [5.41, 5.74) is 0.300. The zero-order valence-corrected chi connectivity index (χ0v) is 7.18. The SMILES string of the molecule is FC(F)(F)c1ccc2cccccc1-2. The highest BCUT2D eigenvalue weighted by atomic mass is 19.4. The van der Waals surface area contributed by atoms with Crippen LogP contribution in [0.2, 0.25) is 0 Å². The molecule has 0 aromatic carbocycles. The van der Waals surface area contributed by atoms with Gasteiger partial charge in [0.15, 0.2) is 0 Å². The summed E-state index contributed by atoms with van der Waals surface area (Å²) in [4.78, 5) is 0. The molecule has 0 saturated carbocycles. The van der Waals surface area contributed by atoms with E-state index in [-0.39, 0.29) is 5.56 Å². The Kier molecular flexibility index (Phi) is 1.95. The Balaban J connectivity index is 2.64. The molecular formula is C11H7F3. The molecule has 2 rings (SSSR count). The fourth-order valence-corrected chi connectivity index (χ4v) is 1.46. The Morgan fingerprint density at radius 3 is 2.21 bits per heavy atom. The van der Waals surface area contributed by atoms with Crippen molar-refractivity contribution >= 4 is 0 Å². The van der Waals surface area contributed by atoms with Crippen molar-refractivity contribution in [1.29, 1.82) is 0 Å². The van der Waals surface area contributed by atoms with Gasteiger partial charge in [0, 0.05) is 0 Å². The van der Waals surface area contributed by atoms with E-state index in [0.717, 1.165) is 6.07 Å². The maximum atomic E-state index is 12.5. The van der Waals surface area contributed by atoms with E-state index in [2.05, 4.69) is 0 Å². The molecule has 0 unspecified atom stereocenters. The Morgan fingerprint density at radius 2 is 1.50 bits per heavy atom. The standard InChI is InChI=1S/C11H7F3/c12-11(13,14)10-7-6-8-4-2-1-3-5-9(8)10/h1-7H. The lowest BCUT2D eigenvalue weighted by Crippen LogP contribution is -2.03. The van der Waals surface area contributed by atoms with Crippen LogP contribution in [0.4, 0.5) is 13.2 Å². The third kappa shape index (κ3) is 1.45. The van der Waals surface area contributed by atoms with Crippen molar-refractivity contribution in [1.82, 2.24) is 0 Å². The Bertz CT molecular complexity index is 417. The molecular weight excluding hydrogens is 189 g/mol. The number of rotatable bonds is 0. The first-order valence-electron chi connectivity index (χ1n) is 4.14. The van der Waals surface area contributed by atoms with Crippen molar-refractivity contribution in [2.75, 3.05) is 0 Å². The van der Waals surface area contributed by atoms with Gasteiger partial charge in [-0.1, -0.05) is 36.4 Å². The molecule has 0 aliphatic heterocycles. The van der Waals surface area contributed by atoms with E-state index in [0.29, 0.717) is 5.56 Å². The van der Waals surface area contributed by atoms with E-state index in [9.17, 15) is 13.2 Å². The monoisotopic (exact) mass is 196 g/mol. The summed E-state index contributed by atoms with van der Waals surface area (Å²) in [5, 5.41) is 0. The predicted molar refractivity (Wildman–Crippen MR) is 48.1 cm³/mol. The summed E-state index contributed by atoms with van der Waals surface area (Å²) in [5.74, 6) is 0. The number of alkyl halides is 3. The molecule has 2 aliphatic carbocycles. The van der Waals surface area contributed by atoms with Gasteiger partial charge in [0.05, 0.1) is 5.56 Å². The summed E-state index contributed by atoms with van der Waals surface area (Å²) in [7, 11) is 0. The summed E-state index contributed by atoms with van der Waals surface area (Å²) in [6, 6.07) is 10.8. The molecule has 0 radical (unpaired) electrons. The number of hydrogen-bond donors (Lipinski definition) is 0. The van der Waals surface area contributed by atoms with Crippen molar-refractivity contribution < 1.29 is 13.2 Å². The highest BCUT2D eigenvalue weighted by Gasteiger charge is 2.34. The minimum atomic E-state index is -4.27. The highest BCUT2D eigenvalue weighted by molar-refractivity contribution is 5.70. The Labute approximate surface area is 79.3 Å². The van der Waals surface area contributed by atoms with E-state index < -0.39 is 11.7 Å². The lowest BCUT2D eigenvalue weighted by Gasteiger charge is -2.05. The fraction of sp³-hybridized carbons (Fsp3) is 0.0909. The van der Waals surface area contributed by atoms with Crippen LogP contribution in [0, 0.1) is 0 Å². The smallest absolute Gasteiger partial charge is 0.166 e. The lowest BCUT2D eigenvalue weighted by atomic mass is 10.1. The highest BCUT2D eigenvalue weighted by Crippen LogP contribution is 2.38. The van der Waals surface area contributed by atoms with Gasteiger partial charge in [-0.05, 0) is 17.2 Å². The molecule has 0 atom stereocenters. The van der Waals surface area contributed by atoms with E-state index >= 15 is 0 Å². The van der Waals surface area contributed by atoms with Crippen molar-refractivity contribution in [3.8, 4) is 11.1 Å². The molecule has 0 nitrogen and oxygen atoms in total. The molecule has 14 heavy (non-hydrogen) atoms. The van der Waals surface area contributed by atoms with E-state index in [4.69, 9.17) is 0 Å². The zero-order valence-electron chi connectivity index (χ0n) is 7.18. The van der Waals surface area contributed by atoms with Crippen molar-refractivity contribution in [2.24, 2.45) is 0 Å². The van der Waals surface area contributed by atoms with Crippen LogP contribution in [-0.4, -0.2) is 0 Å². The first-order valence-corrected chi connectivity index (χ1v) is 4.14. The van der Waals surface area contributed by atoms with E-state index in [1.165, 1.54) is 12.1 Å². The summed E-state index contributed by atoms with van der Waals surface area (Å²) in [6.07, 6.45) is -4.27. The summed E-state index contributed by atoms with van der Waals surface area (Å²) < 4.78 is 37.4. The molecule has 0 bridgehead atoms. The normalized spacial score (nSPS) is 11.9. The van der Waals surface area contributed by atoms with Crippen LogP contribution in [0.5, 0.6) is 0 Å². The van der Waals surface area contributed by atoms with Gasteiger partial charge in [0.1, 0.15) is 0 Å². The van der Waals surface area contributed by atoms with Crippen LogP contribution in [0.25, 0.3) is 11.1 Å². The number of halogens is 3. The van der Waals surface area contributed by atoms with Gasteiger partial charge in [-0.15, -0.1) is 0 Å². The molecule has 72 valence electrons. The molecule has 2 aliphatic rings.